The maximum Gasteiger partial charge on any atom is 0.0952 e. The van der Waals surface area contributed by atoms with Crippen LogP contribution in [0.2, 0.25) is 5.02 Å². The average molecular weight is 365 g/mol. The normalized spacial score (nSPS) is 18.0. The lowest BCUT2D eigenvalue weighted by Crippen LogP contribution is -2.37. The predicted octanol–water partition coefficient (Wildman–Crippen LogP) is 4.98. The number of nitrogens with zero attached hydrogens (tertiary/aromatic N) is 2. The molecule has 0 aliphatic carbocycles. The van der Waals surface area contributed by atoms with Crippen molar-refractivity contribution in [3.05, 3.63) is 89.1 Å². The standard InChI is InChI=1S/C22H21ClN2O/c23-20-8-4-7-19(13-20)21-10-9-17(14-24-21)15-25-11-12-26-22(16-25)18-5-2-1-3-6-18/h1-10,13-14,22H,11-12,15-16H2. The number of benzene rings is 2. The average Bonchev–Trinajstić information content (AvgIpc) is 2.69. The number of aromatic nitrogens is 1. The second-order valence-corrected chi connectivity index (χ2v) is 7.00. The van der Waals surface area contributed by atoms with Gasteiger partial charge in [-0.25, -0.2) is 0 Å². The molecule has 1 saturated heterocycles. The number of morpholine rings is 1. The fraction of sp³-hybridized carbons (Fsp3) is 0.227. The summed E-state index contributed by atoms with van der Waals surface area (Å²) in [6, 6.07) is 22.4. The number of ether oxygens (including phenoxy) is 1. The van der Waals surface area contributed by atoms with Crippen LogP contribution in [0.25, 0.3) is 11.3 Å². The number of hydrogen-bond acceptors (Lipinski definition) is 3. The molecule has 1 aliphatic rings. The van der Waals surface area contributed by atoms with Crippen LogP contribution in [-0.2, 0) is 11.3 Å². The van der Waals surface area contributed by atoms with Crippen molar-refractivity contribution in [1.29, 1.82) is 0 Å². The molecule has 26 heavy (non-hydrogen) atoms. The molecular weight excluding hydrogens is 344 g/mol. The lowest BCUT2D eigenvalue weighted by atomic mass is 10.1. The van der Waals surface area contributed by atoms with Gasteiger partial charge in [0, 0.05) is 36.4 Å². The molecule has 0 spiro atoms. The molecule has 132 valence electrons. The van der Waals surface area contributed by atoms with E-state index in [1.54, 1.807) is 0 Å². The van der Waals surface area contributed by atoms with Crippen LogP contribution in [0.5, 0.6) is 0 Å². The van der Waals surface area contributed by atoms with Gasteiger partial charge in [-0.1, -0.05) is 60.1 Å². The van der Waals surface area contributed by atoms with E-state index in [4.69, 9.17) is 16.3 Å². The highest BCUT2D eigenvalue weighted by atomic mass is 35.5. The number of halogens is 1. The van der Waals surface area contributed by atoms with Gasteiger partial charge in [-0.3, -0.25) is 9.88 Å². The summed E-state index contributed by atoms with van der Waals surface area (Å²) in [7, 11) is 0. The van der Waals surface area contributed by atoms with Gasteiger partial charge >= 0.3 is 0 Å². The Morgan fingerprint density at radius 2 is 1.92 bits per heavy atom. The second-order valence-electron chi connectivity index (χ2n) is 6.57. The molecule has 0 bridgehead atoms. The maximum absolute atomic E-state index is 6.07. The second kappa shape index (κ2) is 8.00. The van der Waals surface area contributed by atoms with Crippen molar-refractivity contribution in [2.75, 3.05) is 19.7 Å². The highest BCUT2D eigenvalue weighted by Crippen LogP contribution is 2.24. The summed E-state index contributed by atoms with van der Waals surface area (Å²) < 4.78 is 5.95. The molecule has 1 atom stereocenters. The summed E-state index contributed by atoms with van der Waals surface area (Å²) in [5.74, 6) is 0. The highest BCUT2D eigenvalue weighted by Gasteiger charge is 2.21. The first-order valence-electron chi connectivity index (χ1n) is 8.88. The summed E-state index contributed by atoms with van der Waals surface area (Å²) in [5.41, 5.74) is 4.44. The van der Waals surface area contributed by atoms with Gasteiger partial charge in [0.1, 0.15) is 0 Å². The van der Waals surface area contributed by atoms with Crippen LogP contribution in [-0.4, -0.2) is 29.6 Å². The molecule has 3 nitrogen and oxygen atoms in total. The fourth-order valence-corrected chi connectivity index (χ4v) is 3.50. The van der Waals surface area contributed by atoms with Crippen molar-refractivity contribution < 1.29 is 4.74 Å². The lowest BCUT2D eigenvalue weighted by molar-refractivity contribution is -0.0329. The molecule has 4 rings (SSSR count). The van der Waals surface area contributed by atoms with Gasteiger partial charge < -0.3 is 4.74 Å². The topological polar surface area (TPSA) is 25.4 Å². The minimum absolute atomic E-state index is 0.142. The molecule has 1 aliphatic heterocycles. The van der Waals surface area contributed by atoms with E-state index < -0.39 is 0 Å². The van der Waals surface area contributed by atoms with Crippen molar-refractivity contribution >= 4 is 11.6 Å². The highest BCUT2D eigenvalue weighted by molar-refractivity contribution is 6.30. The third kappa shape index (κ3) is 4.13. The molecule has 0 saturated carbocycles. The van der Waals surface area contributed by atoms with E-state index in [1.807, 2.05) is 36.5 Å². The lowest BCUT2D eigenvalue weighted by Gasteiger charge is -2.33. The Hall–Kier alpha value is -2.20. The molecule has 4 heteroatoms. The van der Waals surface area contributed by atoms with Crippen molar-refractivity contribution in [1.82, 2.24) is 9.88 Å². The summed E-state index contributed by atoms with van der Waals surface area (Å²) in [6.07, 6.45) is 2.10. The SMILES string of the molecule is Clc1cccc(-c2ccc(CN3CCOC(c4ccccc4)C3)cn2)c1. The van der Waals surface area contributed by atoms with Gasteiger partial charge in [0.25, 0.3) is 0 Å². The van der Waals surface area contributed by atoms with Gasteiger partial charge in [0.15, 0.2) is 0 Å². The predicted molar refractivity (Wildman–Crippen MR) is 105 cm³/mol. The third-order valence-electron chi connectivity index (χ3n) is 4.67. The zero-order valence-corrected chi connectivity index (χ0v) is 15.3. The number of hydrogen-bond donors (Lipinski definition) is 0. The van der Waals surface area contributed by atoms with Crippen LogP contribution in [0.15, 0.2) is 72.9 Å². The Labute approximate surface area is 159 Å². The Morgan fingerprint density at radius 3 is 2.69 bits per heavy atom. The molecule has 3 aromatic rings. The van der Waals surface area contributed by atoms with E-state index in [9.17, 15) is 0 Å². The Morgan fingerprint density at radius 1 is 1.04 bits per heavy atom. The van der Waals surface area contributed by atoms with E-state index in [0.717, 1.165) is 42.5 Å². The van der Waals surface area contributed by atoms with Crippen LogP contribution in [0.4, 0.5) is 0 Å². The van der Waals surface area contributed by atoms with Crippen LogP contribution in [0.1, 0.15) is 17.2 Å². The molecule has 1 fully saturated rings. The first-order valence-corrected chi connectivity index (χ1v) is 9.25. The van der Waals surface area contributed by atoms with Crippen LogP contribution >= 0.6 is 11.6 Å². The number of rotatable bonds is 4. The first-order chi connectivity index (χ1) is 12.8. The van der Waals surface area contributed by atoms with E-state index >= 15 is 0 Å². The molecule has 2 aromatic carbocycles. The van der Waals surface area contributed by atoms with E-state index in [2.05, 4.69) is 46.3 Å². The summed E-state index contributed by atoms with van der Waals surface area (Å²) >= 11 is 6.07. The van der Waals surface area contributed by atoms with E-state index in [1.165, 1.54) is 11.1 Å². The maximum atomic E-state index is 6.07. The molecule has 2 heterocycles. The molecule has 0 N–H and O–H groups in total. The summed E-state index contributed by atoms with van der Waals surface area (Å²) in [4.78, 5) is 7.04. The van der Waals surface area contributed by atoms with Gasteiger partial charge in [0.05, 0.1) is 18.4 Å². The van der Waals surface area contributed by atoms with Crippen LogP contribution < -0.4 is 0 Å². The Kier molecular flexibility index (Phi) is 5.30. The van der Waals surface area contributed by atoms with Crippen molar-refractivity contribution in [2.45, 2.75) is 12.6 Å². The van der Waals surface area contributed by atoms with Gasteiger partial charge in [-0.05, 0) is 29.3 Å². The van der Waals surface area contributed by atoms with Crippen molar-refractivity contribution in [3.63, 3.8) is 0 Å². The van der Waals surface area contributed by atoms with Crippen molar-refractivity contribution in [2.24, 2.45) is 0 Å². The van der Waals surface area contributed by atoms with Crippen LogP contribution in [0.3, 0.4) is 0 Å². The Balaban J connectivity index is 1.42. The van der Waals surface area contributed by atoms with E-state index in [-0.39, 0.29) is 6.10 Å². The molecule has 1 unspecified atom stereocenters. The molecule has 0 amide bonds. The molecule has 0 radical (unpaired) electrons. The summed E-state index contributed by atoms with van der Waals surface area (Å²) in [5, 5.41) is 0.730. The zero-order valence-electron chi connectivity index (χ0n) is 14.5. The first kappa shape index (κ1) is 17.2. The fourth-order valence-electron chi connectivity index (χ4n) is 3.31. The Bertz CT molecular complexity index is 852. The third-order valence-corrected chi connectivity index (χ3v) is 4.91. The summed E-state index contributed by atoms with van der Waals surface area (Å²) in [6.45, 7) is 3.49. The minimum atomic E-state index is 0.142. The quantitative estimate of drug-likeness (QED) is 0.653. The largest absolute Gasteiger partial charge is 0.371 e. The van der Waals surface area contributed by atoms with Crippen LogP contribution in [0, 0.1) is 0 Å². The molecular formula is C22H21ClN2O. The van der Waals surface area contributed by atoms with Crippen molar-refractivity contribution in [3.8, 4) is 11.3 Å². The van der Waals surface area contributed by atoms with Gasteiger partial charge in [-0.2, -0.15) is 0 Å². The van der Waals surface area contributed by atoms with E-state index in [0.29, 0.717) is 0 Å². The smallest absolute Gasteiger partial charge is 0.0952 e. The minimum Gasteiger partial charge on any atom is -0.371 e. The monoisotopic (exact) mass is 364 g/mol. The molecule has 1 aromatic heterocycles. The number of pyridine rings is 1. The van der Waals surface area contributed by atoms with Gasteiger partial charge in [-0.15, -0.1) is 0 Å². The zero-order chi connectivity index (χ0) is 17.8. The van der Waals surface area contributed by atoms with Gasteiger partial charge in [0.2, 0.25) is 0 Å².